The van der Waals surface area contributed by atoms with Crippen LogP contribution in [0, 0.1) is 0 Å². The van der Waals surface area contributed by atoms with Gasteiger partial charge in [-0.25, -0.2) is 4.98 Å². The molecule has 2 fully saturated rings. The first kappa shape index (κ1) is 15.2. The van der Waals surface area contributed by atoms with E-state index < -0.39 is 0 Å². The Kier molecular flexibility index (Phi) is 4.39. The van der Waals surface area contributed by atoms with E-state index in [1.165, 1.54) is 5.01 Å². The van der Waals surface area contributed by atoms with Crippen LogP contribution in [0.5, 0.6) is 0 Å². The van der Waals surface area contributed by atoms with Gasteiger partial charge in [-0.2, -0.15) is 0 Å². The van der Waals surface area contributed by atoms with Crippen molar-refractivity contribution in [3.63, 3.8) is 0 Å². The van der Waals surface area contributed by atoms with Crippen molar-refractivity contribution in [3.8, 4) is 0 Å². The van der Waals surface area contributed by atoms with E-state index in [1.54, 1.807) is 17.5 Å². The van der Waals surface area contributed by atoms with Crippen LogP contribution >= 0.6 is 11.3 Å². The smallest absolute Gasteiger partial charge is 0.107 e. The van der Waals surface area contributed by atoms with Crippen LogP contribution in [-0.4, -0.2) is 46.3 Å². The summed E-state index contributed by atoms with van der Waals surface area (Å²) in [6, 6.07) is 4.01. The van der Waals surface area contributed by atoms with Crippen molar-refractivity contribution in [2.75, 3.05) is 19.7 Å². The second-order valence-corrected chi connectivity index (χ2v) is 7.37. The van der Waals surface area contributed by atoms with Crippen LogP contribution < -0.4 is 0 Å². The fourth-order valence-corrected chi connectivity index (χ4v) is 4.10. The molecule has 0 bridgehead atoms. The number of nitrogens with zero attached hydrogens (tertiary/aromatic N) is 3. The highest BCUT2D eigenvalue weighted by atomic mass is 32.1. The predicted octanol–water partition coefficient (Wildman–Crippen LogP) is 2.49. The number of likely N-dealkylation sites (tertiary alicyclic amines) is 1. The molecule has 0 aromatic carbocycles. The minimum atomic E-state index is -0.00485. The van der Waals surface area contributed by atoms with E-state index in [0.29, 0.717) is 6.61 Å². The Morgan fingerprint density at radius 2 is 2.35 bits per heavy atom. The molecule has 2 aliphatic heterocycles. The highest BCUT2D eigenvalue weighted by Crippen LogP contribution is 2.36. The predicted molar refractivity (Wildman–Crippen MR) is 88.1 cm³/mol. The van der Waals surface area contributed by atoms with Crippen LogP contribution in [0.2, 0.25) is 0 Å². The minimum Gasteiger partial charge on any atom is -0.373 e. The van der Waals surface area contributed by atoms with Gasteiger partial charge in [0.15, 0.2) is 0 Å². The molecule has 0 aliphatic carbocycles. The van der Waals surface area contributed by atoms with Crippen LogP contribution in [0.4, 0.5) is 0 Å². The molecule has 0 N–H and O–H groups in total. The molecule has 2 saturated heterocycles. The average Bonchev–Trinajstić information content (AvgIpc) is 3.06. The normalized spacial score (nSPS) is 23.7. The maximum absolute atomic E-state index is 6.09. The first-order valence-corrected chi connectivity index (χ1v) is 8.95. The summed E-state index contributed by atoms with van der Waals surface area (Å²) >= 11 is 1.72. The maximum atomic E-state index is 6.09. The molecule has 2 aliphatic rings. The summed E-state index contributed by atoms with van der Waals surface area (Å²) in [7, 11) is 0. The summed E-state index contributed by atoms with van der Waals surface area (Å²) in [6.07, 6.45) is 7.78. The van der Waals surface area contributed by atoms with E-state index in [0.717, 1.165) is 44.6 Å². The van der Waals surface area contributed by atoms with Crippen molar-refractivity contribution in [1.82, 2.24) is 14.9 Å². The summed E-state index contributed by atoms with van der Waals surface area (Å²) in [4.78, 5) is 10.9. The van der Waals surface area contributed by atoms with E-state index >= 15 is 0 Å². The highest BCUT2D eigenvalue weighted by molar-refractivity contribution is 7.09. The van der Waals surface area contributed by atoms with Gasteiger partial charge in [0.05, 0.1) is 24.9 Å². The zero-order valence-corrected chi connectivity index (χ0v) is 13.9. The molecular formula is C17H21N3O2S. The lowest BCUT2D eigenvalue weighted by Crippen LogP contribution is -2.65. The van der Waals surface area contributed by atoms with Gasteiger partial charge in [-0.3, -0.25) is 9.88 Å². The molecule has 2 aromatic rings. The monoisotopic (exact) mass is 331 g/mol. The van der Waals surface area contributed by atoms with E-state index in [2.05, 4.69) is 20.9 Å². The number of pyridine rings is 1. The molecule has 2 aromatic heterocycles. The summed E-state index contributed by atoms with van der Waals surface area (Å²) in [5, 5.41) is 3.21. The van der Waals surface area contributed by atoms with Crippen LogP contribution in [0.3, 0.4) is 0 Å². The quantitative estimate of drug-likeness (QED) is 0.842. The largest absolute Gasteiger partial charge is 0.373 e. The lowest BCUT2D eigenvalue weighted by molar-refractivity contribution is -0.200. The molecular weight excluding hydrogens is 310 g/mol. The van der Waals surface area contributed by atoms with E-state index in [9.17, 15) is 0 Å². The van der Waals surface area contributed by atoms with Gasteiger partial charge in [0.2, 0.25) is 0 Å². The molecule has 4 heterocycles. The first-order chi connectivity index (χ1) is 11.3. The van der Waals surface area contributed by atoms with Crippen LogP contribution in [0.25, 0.3) is 0 Å². The molecule has 1 atom stereocenters. The van der Waals surface area contributed by atoms with Crippen LogP contribution in [-0.2, 0) is 22.6 Å². The van der Waals surface area contributed by atoms with Crippen molar-refractivity contribution >= 4 is 11.3 Å². The van der Waals surface area contributed by atoms with Crippen molar-refractivity contribution < 1.29 is 9.47 Å². The summed E-state index contributed by atoms with van der Waals surface area (Å²) in [5.74, 6) is 0. The standard InChI is InChI=1S/C17H21N3O2S/c1-2-14(9-18-4-1)11-21-15-3-6-22-17(8-15)12-20(13-17)10-16-19-5-7-23-16/h1-2,4-5,7,9,15H,3,6,8,10-13H2. The Bertz CT molecular complexity index is 614. The number of rotatable bonds is 5. The second kappa shape index (κ2) is 6.65. The highest BCUT2D eigenvalue weighted by Gasteiger charge is 2.47. The Hall–Kier alpha value is -1.34. The van der Waals surface area contributed by atoms with Crippen LogP contribution in [0.1, 0.15) is 23.4 Å². The molecule has 122 valence electrons. The Balaban J connectivity index is 1.27. The fraction of sp³-hybridized carbons (Fsp3) is 0.529. The van der Waals surface area contributed by atoms with Crippen molar-refractivity contribution in [3.05, 3.63) is 46.7 Å². The van der Waals surface area contributed by atoms with Crippen LogP contribution in [0.15, 0.2) is 36.1 Å². The number of aromatic nitrogens is 2. The number of ether oxygens (including phenoxy) is 2. The van der Waals surface area contributed by atoms with E-state index in [-0.39, 0.29) is 11.7 Å². The average molecular weight is 331 g/mol. The van der Waals surface area contributed by atoms with Crippen molar-refractivity contribution in [2.24, 2.45) is 0 Å². The van der Waals surface area contributed by atoms with Gasteiger partial charge in [0, 0.05) is 50.1 Å². The molecule has 23 heavy (non-hydrogen) atoms. The zero-order chi connectivity index (χ0) is 15.5. The van der Waals surface area contributed by atoms with Gasteiger partial charge in [-0.05, 0) is 18.1 Å². The van der Waals surface area contributed by atoms with Gasteiger partial charge in [-0.1, -0.05) is 6.07 Å². The Morgan fingerprint density at radius 1 is 1.39 bits per heavy atom. The molecule has 1 unspecified atom stereocenters. The molecule has 4 rings (SSSR count). The van der Waals surface area contributed by atoms with Crippen molar-refractivity contribution in [2.45, 2.75) is 37.7 Å². The summed E-state index contributed by atoms with van der Waals surface area (Å²) < 4.78 is 12.2. The number of hydrogen-bond acceptors (Lipinski definition) is 6. The molecule has 0 saturated carbocycles. The molecule has 5 nitrogen and oxygen atoms in total. The lowest BCUT2D eigenvalue weighted by atomic mass is 9.84. The lowest BCUT2D eigenvalue weighted by Gasteiger charge is -2.53. The summed E-state index contributed by atoms with van der Waals surface area (Å²) in [5.41, 5.74) is 1.13. The SMILES string of the molecule is c1cncc(COC2CCOC3(C2)CN(Cc2nccs2)C3)c1. The van der Waals surface area contributed by atoms with E-state index in [1.807, 2.05) is 23.8 Å². The van der Waals surface area contributed by atoms with Gasteiger partial charge in [0.25, 0.3) is 0 Å². The van der Waals surface area contributed by atoms with E-state index in [4.69, 9.17) is 9.47 Å². The number of hydrogen-bond donors (Lipinski definition) is 0. The van der Waals surface area contributed by atoms with Gasteiger partial charge < -0.3 is 9.47 Å². The van der Waals surface area contributed by atoms with Gasteiger partial charge >= 0.3 is 0 Å². The Labute approximate surface area is 140 Å². The van der Waals surface area contributed by atoms with Crippen molar-refractivity contribution in [1.29, 1.82) is 0 Å². The fourth-order valence-electron chi connectivity index (χ4n) is 3.45. The second-order valence-electron chi connectivity index (χ2n) is 6.39. The summed E-state index contributed by atoms with van der Waals surface area (Å²) in [6.45, 7) is 4.34. The Morgan fingerprint density at radius 3 is 3.13 bits per heavy atom. The van der Waals surface area contributed by atoms with Gasteiger partial charge in [0.1, 0.15) is 5.01 Å². The third-order valence-electron chi connectivity index (χ3n) is 4.52. The molecule has 0 radical (unpaired) electrons. The maximum Gasteiger partial charge on any atom is 0.107 e. The topological polar surface area (TPSA) is 47.5 Å². The third kappa shape index (κ3) is 3.61. The molecule has 1 spiro atoms. The first-order valence-electron chi connectivity index (χ1n) is 8.07. The zero-order valence-electron chi connectivity index (χ0n) is 13.1. The third-order valence-corrected chi connectivity index (χ3v) is 5.29. The van der Waals surface area contributed by atoms with Gasteiger partial charge in [-0.15, -0.1) is 11.3 Å². The minimum absolute atomic E-state index is 0.00485. The molecule has 6 heteroatoms. The number of thiazole rings is 1. The molecule has 0 amide bonds.